The SMILES string of the molecule is CCOc1ccc(NCc2nnc(SCC(=O)OC3CCCCC3)n2-c2ccc(C)cc2)cc1. The zero-order valence-corrected chi connectivity index (χ0v) is 20.6. The first-order chi connectivity index (χ1) is 16.6. The number of nitrogens with zero attached hydrogens (tertiary/aromatic N) is 3. The number of carbonyl (C=O) groups excluding carboxylic acids is 1. The van der Waals surface area contributed by atoms with Gasteiger partial charge in [0.2, 0.25) is 0 Å². The summed E-state index contributed by atoms with van der Waals surface area (Å²) in [6.45, 7) is 5.15. The van der Waals surface area contributed by atoms with Crippen LogP contribution in [-0.2, 0) is 16.1 Å². The van der Waals surface area contributed by atoms with Crippen LogP contribution in [0, 0.1) is 6.92 Å². The maximum atomic E-state index is 12.4. The smallest absolute Gasteiger partial charge is 0.316 e. The summed E-state index contributed by atoms with van der Waals surface area (Å²) in [6.07, 6.45) is 5.50. The summed E-state index contributed by atoms with van der Waals surface area (Å²) in [7, 11) is 0. The first kappa shape index (κ1) is 24.1. The molecule has 0 atom stereocenters. The number of aromatic nitrogens is 3. The molecule has 1 heterocycles. The molecule has 0 unspecified atom stereocenters. The Labute approximate surface area is 205 Å². The molecule has 1 saturated carbocycles. The van der Waals surface area contributed by atoms with Gasteiger partial charge in [-0.15, -0.1) is 10.2 Å². The Morgan fingerprint density at radius 3 is 2.50 bits per heavy atom. The van der Waals surface area contributed by atoms with Gasteiger partial charge in [-0.1, -0.05) is 35.9 Å². The van der Waals surface area contributed by atoms with Gasteiger partial charge >= 0.3 is 5.97 Å². The van der Waals surface area contributed by atoms with Gasteiger partial charge in [-0.2, -0.15) is 0 Å². The molecule has 0 saturated heterocycles. The number of ether oxygens (including phenoxy) is 2. The van der Waals surface area contributed by atoms with E-state index in [2.05, 4.69) is 34.6 Å². The number of esters is 1. The minimum atomic E-state index is -0.190. The maximum Gasteiger partial charge on any atom is 0.316 e. The highest BCUT2D eigenvalue weighted by Gasteiger charge is 2.20. The lowest BCUT2D eigenvalue weighted by atomic mass is 9.98. The number of thioether (sulfide) groups is 1. The average molecular weight is 481 g/mol. The highest BCUT2D eigenvalue weighted by molar-refractivity contribution is 7.99. The summed E-state index contributed by atoms with van der Waals surface area (Å²) in [6, 6.07) is 16.1. The number of hydrogen-bond donors (Lipinski definition) is 1. The third kappa shape index (κ3) is 6.53. The van der Waals surface area contributed by atoms with E-state index in [4.69, 9.17) is 9.47 Å². The van der Waals surface area contributed by atoms with Crippen LogP contribution in [-0.4, -0.2) is 39.2 Å². The van der Waals surface area contributed by atoms with Crippen molar-refractivity contribution < 1.29 is 14.3 Å². The number of nitrogens with one attached hydrogen (secondary N) is 1. The van der Waals surface area contributed by atoms with Gasteiger partial charge in [0.15, 0.2) is 11.0 Å². The molecule has 0 radical (unpaired) electrons. The molecule has 1 aliphatic rings. The molecule has 1 aromatic heterocycles. The zero-order valence-electron chi connectivity index (χ0n) is 19.8. The van der Waals surface area contributed by atoms with Crippen LogP contribution in [0.1, 0.15) is 50.4 Å². The topological polar surface area (TPSA) is 78.3 Å². The summed E-state index contributed by atoms with van der Waals surface area (Å²) in [5, 5.41) is 12.9. The summed E-state index contributed by atoms with van der Waals surface area (Å²) in [5.74, 6) is 1.63. The van der Waals surface area contributed by atoms with Crippen molar-refractivity contribution in [1.29, 1.82) is 0 Å². The van der Waals surface area contributed by atoms with Crippen LogP contribution < -0.4 is 10.1 Å². The van der Waals surface area contributed by atoms with E-state index in [0.717, 1.165) is 48.6 Å². The Bertz CT molecular complexity index is 1060. The van der Waals surface area contributed by atoms with Crippen LogP contribution in [0.15, 0.2) is 53.7 Å². The summed E-state index contributed by atoms with van der Waals surface area (Å²) in [4.78, 5) is 12.4. The molecular formula is C26H32N4O3S. The van der Waals surface area contributed by atoms with Gasteiger partial charge in [0.1, 0.15) is 11.9 Å². The zero-order chi connectivity index (χ0) is 23.8. The van der Waals surface area contributed by atoms with Gasteiger partial charge < -0.3 is 14.8 Å². The van der Waals surface area contributed by atoms with Crippen molar-refractivity contribution in [1.82, 2.24) is 14.8 Å². The molecule has 0 bridgehead atoms. The van der Waals surface area contributed by atoms with Crippen molar-refractivity contribution in [2.75, 3.05) is 17.7 Å². The molecular weight excluding hydrogens is 448 g/mol. The lowest BCUT2D eigenvalue weighted by molar-refractivity contribution is -0.147. The molecule has 1 fully saturated rings. The fraction of sp³-hybridized carbons (Fsp3) is 0.423. The highest BCUT2D eigenvalue weighted by Crippen LogP contribution is 2.25. The number of carbonyl (C=O) groups is 1. The summed E-state index contributed by atoms with van der Waals surface area (Å²) < 4.78 is 13.2. The average Bonchev–Trinajstić information content (AvgIpc) is 3.26. The molecule has 1 aliphatic carbocycles. The van der Waals surface area contributed by atoms with Gasteiger partial charge in [-0.25, -0.2) is 0 Å². The highest BCUT2D eigenvalue weighted by atomic mass is 32.2. The van der Waals surface area contributed by atoms with Crippen LogP contribution in [0.3, 0.4) is 0 Å². The molecule has 4 rings (SSSR count). The third-order valence-corrected chi connectivity index (χ3v) is 6.68. The molecule has 0 amide bonds. The Morgan fingerprint density at radius 2 is 1.79 bits per heavy atom. The van der Waals surface area contributed by atoms with Gasteiger partial charge in [0.05, 0.1) is 18.9 Å². The molecule has 8 heteroatoms. The van der Waals surface area contributed by atoms with Crippen LogP contribution in [0.4, 0.5) is 5.69 Å². The second-order valence-electron chi connectivity index (χ2n) is 8.42. The first-order valence-corrected chi connectivity index (χ1v) is 12.9. The lowest BCUT2D eigenvalue weighted by Gasteiger charge is -2.21. The van der Waals surface area contributed by atoms with Gasteiger partial charge in [0.25, 0.3) is 0 Å². The molecule has 1 N–H and O–H groups in total. The van der Waals surface area contributed by atoms with Crippen molar-refractivity contribution in [3.63, 3.8) is 0 Å². The second kappa shape index (κ2) is 11.9. The predicted octanol–water partition coefficient (Wildman–Crippen LogP) is 5.55. The largest absolute Gasteiger partial charge is 0.494 e. The Hall–Kier alpha value is -3.00. The monoisotopic (exact) mass is 480 g/mol. The van der Waals surface area contributed by atoms with Crippen LogP contribution in [0.25, 0.3) is 5.69 Å². The van der Waals surface area contributed by atoms with E-state index in [0.29, 0.717) is 18.3 Å². The molecule has 7 nitrogen and oxygen atoms in total. The van der Waals surface area contributed by atoms with E-state index >= 15 is 0 Å². The first-order valence-electron chi connectivity index (χ1n) is 11.9. The van der Waals surface area contributed by atoms with E-state index in [-0.39, 0.29) is 17.8 Å². The van der Waals surface area contributed by atoms with Crippen LogP contribution in [0.2, 0.25) is 0 Å². The molecule has 0 spiro atoms. The van der Waals surface area contributed by atoms with E-state index in [1.165, 1.54) is 23.7 Å². The normalized spacial score (nSPS) is 14.1. The van der Waals surface area contributed by atoms with Crippen molar-refractivity contribution in [3.8, 4) is 11.4 Å². The van der Waals surface area contributed by atoms with Crippen LogP contribution >= 0.6 is 11.8 Å². The molecule has 2 aromatic carbocycles. The maximum absolute atomic E-state index is 12.4. The molecule has 3 aromatic rings. The standard InChI is InChI=1S/C26H32N4O3S/c1-3-32-22-15-11-20(12-16-22)27-17-24-28-29-26(30(24)21-13-9-19(2)10-14-21)34-18-25(31)33-23-7-5-4-6-8-23/h9-16,23,27H,3-8,17-18H2,1-2H3. The number of hydrogen-bond acceptors (Lipinski definition) is 7. The van der Waals surface area contributed by atoms with Crippen molar-refractivity contribution in [2.24, 2.45) is 0 Å². The van der Waals surface area contributed by atoms with Gasteiger partial charge in [0, 0.05) is 11.4 Å². The van der Waals surface area contributed by atoms with Gasteiger partial charge in [-0.05, 0) is 75.9 Å². The van der Waals surface area contributed by atoms with E-state index < -0.39 is 0 Å². The van der Waals surface area contributed by atoms with E-state index in [1.54, 1.807) is 0 Å². The third-order valence-electron chi connectivity index (χ3n) is 5.78. The molecule has 34 heavy (non-hydrogen) atoms. The number of benzene rings is 2. The summed E-state index contributed by atoms with van der Waals surface area (Å²) >= 11 is 1.36. The van der Waals surface area contributed by atoms with Crippen LogP contribution in [0.5, 0.6) is 5.75 Å². The van der Waals surface area contributed by atoms with Crippen molar-refractivity contribution >= 4 is 23.4 Å². The van der Waals surface area contributed by atoms with E-state index in [9.17, 15) is 4.79 Å². The number of aryl methyl sites for hydroxylation is 1. The number of anilines is 1. The fourth-order valence-electron chi connectivity index (χ4n) is 4.00. The van der Waals surface area contributed by atoms with Crippen molar-refractivity contribution in [3.05, 3.63) is 59.9 Å². The predicted molar refractivity (Wildman–Crippen MR) is 135 cm³/mol. The quantitative estimate of drug-likeness (QED) is 0.301. The van der Waals surface area contributed by atoms with Crippen molar-refractivity contribution in [2.45, 2.75) is 63.8 Å². The van der Waals surface area contributed by atoms with E-state index in [1.807, 2.05) is 47.9 Å². The van der Waals surface area contributed by atoms with Gasteiger partial charge in [-0.3, -0.25) is 9.36 Å². The Morgan fingerprint density at radius 1 is 1.06 bits per heavy atom. The fourth-order valence-corrected chi connectivity index (χ4v) is 4.76. The number of rotatable bonds is 10. The molecule has 180 valence electrons. The summed E-state index contributed by atoms with van der Waals surface area (Å²) in [5.41, 5.74) is 3.10. The Balaban J connectivity index is 1.45. The Kier molecular flexibility index (Phi) is 8.46. The minimum absolute atomic E-state index is 0.0608. The lowest BCUT2D eigenvalue weighted by Crippen LogP contribution is -2.22. The second-order valence-corrected chi connectivity index (χ2v) is 9.36. The molecule has 0 aliphatic heterocycles. The minimum Gasteiger partial charge on any atom is -0.494 e.